The number of aromatic amines is 1. The van der Waals surface area contributed by atoms with E-state index < -0.39 is 11.9 Å². The van der Waals surface area contributed by atoms with Crippen LogP contribution in [0.2, 0.25) is 0 Å². The summed E-state index contributed by atoms with van der Waals surface area (Å²) in [6.07, 6.45) is 2.21. The molecule has 1 atom stereocenters. The third-order valence-corrected chi connectivity index (χ3v) is 5.50. The summed E-state index contributed by atoms with van der Waals surface area (Å²) >= 11 is 0. The van der Waals surface area contributed by atoms with Crippen LogP contribution < -0.4 is 10.1 Å². The first-order valence-electron chi connectivity index (χ1n) is 11.5. The number of aliphatic hydroxyl groups is 1. The number of halogens is 1. The van der Waals surface area contributed by atoms with Crippen molar-refractivity contribution in [2.75, 3.05) is 6.61 Å². The van der Waals surface area contributed by atoms with Gasteiger partial charge in [0.2, 0.25) is 0 Å². The smallest absolute Gasteiger partial charge is 0.255 e. The van der Waals surface area contributed by atoms with Gasteiger partial charge >= 0.3 is 0 Å². The predicted molar refractivity (Wildman–Crippen MR) is 135 cm³/mol. The Hall–Kier alpha value is -4.08. The number of carbonyl (C=O) groups excluding carboxylic acids is 1. The largest absolute Gasteiger partial charge is 0.490 e. The molecule has 4 aromatic rings. The van der Waals surface area contributed by atoms with Gasteiger partial charge in [-0.25, -0.2) is 4.39 Å². The number of hydrogen-bond acceptors (Lipinski definition) is 3. The molecule has 0 bridgehead atoms. The SMILES string of the molecule is CC(C)Oc1ccc(C#Cc2ccccc2F)cc1C(=O)N[C@@H](CO)Cc1c[nH]c2ccccc12. The van der Waals surface area contributed by atoms with E-state index in [4.69, 9.17) is 4.74 Å². The molecule has 0 radical (unpaired) electrons. The third-order valence-electron chi connectivity index (χ3n) is 5.50. The van der Waals surface area contributed by atoms with Gasteiger partial charge in [-0.3, -0.25) is 4.79 Å². The van der Waals surface area contributed by atoms with Gasteiger partial charge < -0.3 is 20.1 Å². The van der Waals surface area contributed by atoms with Gasteiger partial charge in [-0.2, -0.15) is 0 Å². The zero-order chi connectivity index (χ0) is 24.8. The number of carbonyl (C=O) groups is 1. The van der Waals surface area contributed by atoms with Crippen LogP contribution in [-0.4, -0.2) is 34.8 Å². The molecular weight excluding hydrogens is 443 g/mol. The minimum atomic E-state index is -0.498. The summed E-state index contributed by atoms with van der Waals surface area (Å²) in [5.41, 5.74) is 3.13. The number of para-hydroxylation sites is 1. The number of aliphatic hydroxyl groups excluding tert-OH is 1. The summed E-state index contributed by atoms with van der Waals surface area (Å²) in [5, 5.41) is 14.0. The van der Waals surface area contributed by atoms with Crippen molar-refractivity contribution in [1.82, 2.24) is 10.3 Å². The van der Waals surface area contributed by atoms with Crippen molar-refractivity contribution in [2.24, 2.45) is 0 Å². The minimum absolute atomic E-state index is 0.142. The number of H-pyrrole nitrogens is 1. The molecule has 0 spiro atoms. The molecule has 0 fully saturated rings. The molecule has 0 aliphatic carbocycles. The first-order valence-corrected chi connectivity index (χ1v) is 11.5. The highest BCUT2D eigenvalue weighted by atomic mass is 19.1. The van der Waals surface area contributed by atoms with E-state index in [1.54, 1.807) is 36.4 Å². The Labute approximate surface area is 204 Å². The first kappa shape index (κ1) is 24.1. The summed E-state index contributed by atoms with van der Waals surface area (Å²) in [7, 11) is 0. The summed E-state index contributed by atoms with van der Waals surface area (Å²) < 4.78 is 19.8. The number of hydrogen-bond donors (Lipinski definition) is 3. The number of ether oxygens (including phenoxy) is 1. The third kappa shape index (κ3) is 5.89. The summed E-state index contributed by atoms with van der Waals surface area (Å²) in [6, 6.07) is 18.7. The van der Waals surface area contributed by atoms with Crippen LogP contribution in [0.25, 0.3) is 10.9 Å². The van der Waals surface area contributed by atoms with E-state index >= 15 is 0 Å². The van der Waals surface area contributed by atoms with E-state index in [0.717, 1.165) is 16.5 Å². The first-order chi connectivity index (χ1) is 16.9. The predicted octanol–water partition coefficient (Wildman–Crippen LogP) is 4.83. The topological polar surface area (TPSA) is 74.3 Å². The van der Waals surface area contributed by atoms with Crippen LogP contribution in [0.5, 0.6) is 5.75 Å². The molecule has 3 aromatic carbocycles. The van der Waals surface area contributed by atoms with E-state index in [9.17, 15) is 14.3 Å². The molecule has 1 aromatic heterocycles. The fourth-order valence-electron chi connectivity index (χ4n) is 3.83. The molecule has 1 heterocycles. The molecule has 0 saturated heterocycles. The number of nitrogens with one attached hydrogen (secondary N) is 2. The number of benzene rings is 3. The van der Waals surface area contributed by atoms with Crippen molar-refractivity contribution in [3.63, 3.8) is 0 Å². The molecule has 35 heavy (non-hydrogen) atoms. The zero-order valence-corrected chi connectivity index (χ0v) is 19.6. The number of amides is 1. The average molecular weight is 471 g/mol. The fourth-order valence-corrected chi connectivity index (χ4v) is 3.83. The highest BCUT2D eigenvalue weighted by Crippen LogP contribution is 2.23. The van der Waals surface area contributed by atoms with E-state index in [1.807, 2.05) is 44.3 Å². The second-order valence-electron chi connectivity index (χ2n) is 8.52. The maximum Gasteiger partial charge on any atom is 0.255 e. The van der Waals surface area contributed by atoms with Gasteiger partial charge in [0.15, 0.2) is 0 Å². The van der Waals surface area contributed by atoms with Crippen molar-refractivity contribution in [1.29, 1.82) is 0 Å². The van der Waals surface area contributed by atoms with Crippen molar-refractivity contribution in [3.05, 3.63) is 101 Å². The van der Waals surface area contributed by atoms with Gasteiger partial charge in [0, 0.05) is 22.7 Å². The van der Waals surface area contributed by atoms with Crippen molar-refractivity contribution < 1.29 is 19.0 Å². The quantitative estimate of drug-likeness (QED) is 0.339. The molecule has 3 N–H and O–H groups in total. The maximum atomic E-state index is 13.9. The van der Waals surface area contributed by atoms with Crippen LogP contribution in [0.3, 0.4) is 0 Å². The molecular formula is C29H27FN2O3. The molecule has 5 nitrogen and oxygen atoms in total. The number of aromatic nitrogens is 1. The molecule has 0 aliphatic rings. The Morgan fingerprint density at radius 3 is 2.63 bits per heavy atom. The number of fused-ring (bicyclic) bond motifs is 1. The second-order valence-corrected chi connectivity index (χ2v) is 8.52. The van der Waals surface area contributed by atoms with Crippen LogP contribution in [0.15, 0.2) is 72.9 Å². The summed E-state index contributed by atoms with van der Waals surface area (Å²) in [4.78, 5) is 16.5. The Morgan fingerprint density at radius 1 is 1.09 bits per heavy atom. The lowest BCUT2D eigenvalue weighted by Gasteiger charge is -2.19. The second kappa shape index (κ2) is 10.9. The van der Waals surface area contributed by atoms with Crippen LogP contribution in [0.4, 0.5) is 4.39 Å². The molecule has 4 rings (SSSR count). The van der Waals surface area contributed by atoms with E-state index in [-0.39, 0.29) is 24.2 Å². The van der Waals surface area contributed by atoms with Crippen molar-refractivity contribution in [2.45, 2.75) is 32.4 Å². The van der Waals surface area contributed by atoms with E-state index in [1.165, 1.54) is 6.07 Å². The van der Waals surface area contributed by atoms with Crippen molar-refractivity contribution in [3.8, 4) is 17.6 Å². The standard InChI is InChI=1S/C29H27FN2O3/c1-19(2)35-28-14-12-20(11-13-21-7-3-5-9-26(21)30)15-25(28)29(34)32-23(18-33)16-22-17-31-27-10-6-4-8-24(22)27/h3-10,12,14-15,17,19,23,31,33H,16,18H2,1-2H3,(H,32,34)/t23-/m1/s1. The molecule has 6 heteroatoms. The molecule has 178 valence electrons. The highest BCUT2D eigenvalue weighted by Gasteiger charge is 2.19. The Kier molecular flexibility index (Phi) is 7.49. The average Bonchev–Trinajstić information content (AvgIpc) is 3.26. The highest BCUT2D eigenvalue weighted by molar-refractivity contribution is 5.97. The van der Waals surface area contributed by atoms with Crippen molar-refractivity contribution >= 4 is 16.8 Å². The Morgan fingerprint density at radius 2 is 1.86 bits per heavy atom. The van der Waals surface area contributed by atoms with E-state index in [0.29, 0.717) is 23.3 Å². The fraction of sp³-hybridized carbons (Fsp3) is 0.207. The minimum Gasteiger partial charge on any atom is -0.490 e. The number of rotatable bonds is 7. The van der Waals surface area contributed by atoms with E-state index in [2.05, 4.69) is 22.1 Å². The normalized spacial score (nSPS) is 11.7. The van der Waals surface area contributed by atoms with Gasteiger partial charge in [-0.1, -0.05) is 42.2 Å². The van der Waals surface area contributed by atoms with Gasteiger partial charge in [0.05, 0.1) is 29.9 Å². The van der Waals surface area contributed by atoms with Crippen LogP contribution in [-0.2, 0) is 6.42 Å². The van der Waals surface area contributed by atoms with Crippen LogP contribution >= 0.6 is 0 Å². The van der Waals surface area contributed by atoms with Gasteiger partial charge in [-0.05, 0) is 62.2 Å². The summed E-state index contributed by atoms with van der Waals surface area (Å²) in [6.45, 7) is 3.53. The Balaban J connectivity index is 1.58. The van der Waals surface area contributed by atoms with Crippen LogP contribution in [0.1, 0.15) is 40.9 Å². The van der Waals surface area contributed by atoms with Crippen LogP contribution in [0, 0.1) is 17.7 Å². The zero-order valence-electron chi connectivity index (χ0n) is 19.6. The molecule has 1 amide bonds. The lowest BCUT2D eigenvalue weighted by Crippen LogP contribution is -2.39. The molecule has 0 aliphatic heterocycles. The molecule has 0 unspecified atom stereocenters. The lowest BCUT2D eigenvalue weighted by molar-refractivity contribution is 0.0910. The Bertz CT molecular complexity index is 1400. The molecule has 0 saturated carbocycles. The monoisotopic (exact) mass is 470 g/mol. The lowest BCUT2D eigenvalue weighted by atomic mass is 10.0. The maximum absolute atomic E-state index is 13.9. The van der Waals surface area contributed by atoms with Gasteiger partial charge in [0.1, 0.15) is 11.6 Å². The van der Waals surface area contributed by atoms with Gasteiger partial charge in [-0.15, -0.1) is 0 Å². The van der Waals surface area contributed by atoms with Gasteiger partial charge in [0.25, 0.3) is 5.91 Å². The summed E-state index contributed by atoms with van der Waals surface area (Å²) in [5.74, 6) is 5.37.